The van der Waals surface area contributed by atoms with Crippen LogP contribution in [0.15, 0.2) is 48.7 Å². The fourth-order valence-corrected chi connectivity index (χ4v) is 2.09. The maximum Gasteiger partial charge on any atom is 0.409 e. The summed E-state index contributed by atoms with van der Waals surface area (Å²) in [5.74, 6) is -0.515. The van der Waals surface area contributed by atoms with E-state index < -0.39 is 12.1 Å². The summed E-state index contributed by atoms with van der Waals surface area (Å²) in [6.45, 7) is 1.07. The van der Waals surface area contributed by atoms with Crippen LogP contribution >= 0.6 is 0 Å². The number of hydrogen-bond donors (Lipinski definition) is 1. The first-order chi connectivity index (χ1) is 12.1. The molecule has 7 nitrogen and oxygen atoms in total. The van der Waals surface area contributed by atoms with Gasteiger partial charge in [0.1, 0.15) is 6.61 Å². The van der Waals surface area contributed by atoms with E-state index in [0.717, 1.165) is 5.56 Å². The largest absolute Gasteiger partial charge is 0.464 e. The van der Waals surface area contributed by atoms with Gasteiger partial charge in [0, 0.05) is 26.3 Å². The van der Waals surface area contributed by atoms with E-state index in [4.69, 9.17) is 9.47 Å². The smallest absolute Gasteiger partial charge is 0.409 e. The highest BCUT2D eigenvalue weighted by atomic mass is 16.6. The number of pyridine rings is 1. The molecule has 2 aromatic rings. The van der Waals surface area contributed by atoms with Gasteiger partial charge in [-0.2, -0.15) is 0 Å². The highest BCUT2D eigenvalue weighted by Crippen LogP contribution is 2.12. The molecule has 0 saturated carbocycles. The molecule has 0 saturated heterocycles. The van der Waals surface area contributed by atoms with E-state index in [2.05, 4.69) is 10.3 Å². The Morgan fingerprint density at radius 3 is 2.64 bits per heavy atom. The minimum Gasteiger partial charge on any atom is -0.464 e. The fourth-order valence-electron chi connectivity index (χ4n) is 2.09. The van der Waals surface area contributed by atoms with Crippen LogP contribution in [-0.2, 0) is 16.1 Å². The number of likely N-dealkylation sites (N-methyl/N-ethyl adjacent to an activating group) is 1. The number of esters is 1. The Bertz CT molecular complexity index is 706. The zero-order chi connectivity index (χ0) is 18.1. The Labute approximate surface area is 146 Å². The van der Waals surface area contributed by atoms with Gasteiger partial charge in [0.05, 0.1) is 12.8 Å². The summed E-state index contributed by atoms with van der Waals surface area (Å²) in [7, 11) is 2.96. The van der Waals surface area contributed by atoms with Crippen molar-refractivity contribution >= 4 is 17.7 Å². The summed E-state index contributed by atoms with van der Waals surface area (Å²) in [4.78, 5) is 29.1. The zero-order valence-electron chi connectivity index (χ0n) is 14.3. The number of aromatic nitrogens is 1. The molecule has 0 unspecified atom stereocenters. The Hall–Kier alpha value is -3.09. The van der Waals surface area contributed by atoms with Crippen molar-refractivity contribution in [3.63, 3.8) is 0 Å². The monoisotopic (exact) mass is 343 g/mol. The molecule has 132 valence electrons. The predicted molar refractivity (Wildman–Crippen MR) is 93.3 cm³/mol. The molecule has 0 atom stereocenters. The third-order valence-electron chi connectivity index (χ3n) is 3.47. The summed E-state index contributed by atoms with van der Waals surface area (Å²) >= 11 is 0. The van der Waals surface area contributed by atoms with Crippen LogP contribution in [0.4, 0.5) is 10.5 Å². The first-order valence-corrected chi connectivity index (χ1v) is 7.81. The van der Waals surface area contributed by atoms with Gasteiger partial charge in [-0.1, -0.05) is 30.3 Å². The molecule has 0 spiro atoms. The molecule has 0 bridgehead atoms. The molecule has 7 heteroatoms. The lowest BCUT2D eigenvalue weighted by Crippen LogP contribution is -2.32. The third-order valence-corrected chi connectivity index (χ3v) is 3.47. The van der Waals surface area contributed by atoms with Crippen molar-refractivity contribution in [3.05, 3.63) is 59.9 Å². The molecule has 2 rings (SSSR count). The number of ether oxygens (including phenoxy) is 2. The van der Waals surface area contributed by atoms with E-state index >= 15 is 0 Å². The number of carbonyl (C=O) groups is 2. The molecule has 0 aliphatic carbocycles. The van der Waals surface area contributed by atoms with Gasteiger partial charge in [0.25, 0.3) is 0 Å². The molecule has 1 heterocycles. The lowest BCUT2D eigenvalue weighted by molar-refractivity contribution is 0.0595. The van der Waals surface area contributed by atoms with Gasteiger partial charge in [-0.25, -0.2) is 14.6 Å². The minimum atomic E-state index is -0.515. The van der Waals surface area contributed by atoms with Crippen LogP contribution in [0.1, 0.15) is 16.1 Å². The summed E-state index contributed by atoms with van der Waals surface area (Å²) in [6.07, 6.45) is 1.11. The van der Waals surface area contributed by atoms with Gasteiger partial charge in [0.2, 0.25) is 0 Å². The Kier molecular flexibility index (Phi) is 6.76. The summed E-state index contributed by atoms with van der Waals surface area (Å²) in [5, 5.41) is 3.08. The van der Waals surface area contributed by atoms with E-state index in [1.807, 2.05) is 30.3 Å². The lowest BCUT2D eigenvalue weighted by Gasteiger charge is -2.18. The molecule has 0 radical (unpaired) electrons. The first-order valence-electron chi connectivity index (χ1n) is 7.81. The van der Waals surface area contributed by atoms with Gasteiger partial charge in [-0.15, -0.1) is 0 Å². The second-order valence-electron chi connectivity index (χ2n) is 5.28. The standard InChI is InChI=1S/C18H21N3O4/c1-21(18(23)25-13-14-7-4-3-5-8-14)12-11-19-15-9-6-10-20-16(15)17(22)24-2/h3-10,19H,11-13H2,1-2H3. The molecular weight excluding hydrogens is 322 g/mol. The van der Waals surface area contributed by atoms with Gasteiger partial charge in [-0.05, 0) is 17.7 Å². The number of nitrogens with one attached hydrogen (secondary N) is 1. The zero-order valence-corrected chi connectivity index (χ0v) is 14.3. The van der Waals surface area contributed by atoms with E-state index in [1.54, 1.807) is 19.2 Å². The quantitative estimate of drug-likeness (QED) is 0.778. The van der Waals surface area contributed by atoms with Crippen LogP contribution in [0.25, 0.3) is 0 Å². The van der Waals surface area contributed by atoms with Crippen LogP contribution in [0.2, 0.25) is 0 Å². The number of rotatable bonds is 7. The number of nitrogens with zero attached hydrogens (tertiary/aromatic N) is 2. The van der Waals surface area contributed by atoms with Gasteiger partial charge in [-0.3, -0.25) is 0 Å². The normalized spacial score (nSPS) is 10.0. The average Bonchev–Trinajstić information content (AvgIpc) is 2.66. The summed E-state index contributed by atoms with van der Waals surface area (Å²) < 4.78 is 9.94. The lowest BCUT2D eigenvalue weighted by atomic mass is 10.2. The van der Waals surface area contributed by atoms with E-state index in [0.29, 0.717) is 18.8 Å². The van der Waals surface area contributed by atoms with Crippen LogP contribution in [0.5, 0.6) is 0 Å². The maximum atomic E-state index is 12.0. The molecule has 1 aromatic heterocycles. The Morgan fingerprint density at radius 2 is 1.92 bits per heavy atom. The second kappa shape index (κ2) is 9.27. The Morgan fingerprint density at radius 1 is 1.16 bits per heavy atom. The molecule has 0 fully saturated rings. The van der Waals surface area contributed by atoms with E-state index in [1.165, 1.54) is 18.2 Å². The Balaban J connectivity index is 1.79. The van der Waals surface area contributed by atoms with Crippen molar-refractivity contribution in [1.82, 2.24) is 9.88 Å². The van der Waals surface area contributed by atoms with Crippen LogP contribution < -0.4 is 5.32 Å². The van der Waals surface area contributed by atoms with E-state index in [9.17, 15) is 9.59 Å². The van der Waals surface area contributed by atoms with Crippen LogP contribution in [0, 0.1) is 0 Å². The average molecular weight is 343 g/mol. The van der Waals surface area contributed by atoms with Crippen LogP contribution in [-0.4, -0.2) is 49.2 Å². The van der Waals surface area contributed by atoms with Crippen molar-refractivity contribution in [1.29, 1.82) is 0 Å². The highest BCUT2D eigenvalue weighted by molar-refractivity contribution is 5.93. The van der Waals surface area contributed by atoms with Gasteiger partial charge in [0.15, 0.2) is 5.69 Å². The number of anilines is 1. The number of carbonyl (C=O) groups excluding carboxylic acids is 2. The molecule has 1 N–H and O–H groups in total. The number of amides is 1. The van der Waals surface area contributed by atoms with Crippen molar-refractivity contribution in [2.45, 2.75) is 6.61 Å². The molecule has 0 aliphatic heterocycles. The number of hydrogen-bond acceptors (Lipinski definition) is 6. The van der Waals surface area contributed by atoms with Crippen LogP contribution in [0.3, 0.4) is 0 Å². The second-order valence-corrected chi connectivity index (χ2v) is 5.28. The van der Waals surface area contributed by atoms with Crippen molar-refractivity contribution in [2.75, 3.05) is 32.6 Å². The van der Waals surface area contributed by atoms with E-state index in [-0.39, 0.29) is 12.3 Å². The third kappa shape index (κ3) is 5.49. The summed E-state index contributed by atoms with van der Waals surface area (Å²) in [6, 6.07) is 12.9. The van der Waals surface area contributed by atoms with Crippen molar-refractivity contribution in [2.24, 2.45) is 0 Å². The topological polar surface area (TPSA) is 80.8 Å². The minimum absolute atomic E-state index is 0.208. The molecule has 25 heavy (non-hydrogen) atoms. The summed E-state index contributed by atoms with van der Waals surface area (Å²) in [5.41, 5.74) is 1.69. The number of benzene rings is 1. The van der Waals surface area contributed by atoms with Crippen molar-refractivity contribution < 1.29 is 19.1 Å². The molecule has 0 aliphatic rings. The van der Waals surface area contributed by atoms with Gasteiger partial charge < -0.3 is 19.7 Å². The predicted octanol–water partition coefficient (Wildman–Crippen LogP) is 2.55. The molecule has 1 aromatic carbocycles. The van der Waals surface area contributed by atoms with Crippen molar-refractivity contribution in [3.8, 4) is 0 Å². The first kappa shape index (κ1) is 18.3. The fraction of sp³-hybridized carbons (Fsp3) is 0.278. The maximum absolute atomic E-state index is 12.0. The number of methoxy groups -OCH3 is 1. The SMILES string of the molecule is COC(=O)c1ncccc1NCCN(C)C(=O)OCc1ccccc1. The highest BCUT2D eigenvalue weighted by Gasteiger charge is 2.14. The van der Waals surface area contributed by atoms with Gasteiger partial charge >= 0.3 is 12.1 Å². The molecule has 1 amide bonds. The molecular formula is C18H21N3O4.